The van der Waals surface area contributed by atoms with Gasteiger partial charge < -0.3 is 10.1 Å². The van der Waals surface area contributed by atoms with Crippen LogP contribution in [0, 0.1) is 17.6 Å². The van der Waals surface area contributed by atoms with Crippen molar-refractivity contribution < 1.29 is 23.1 Å². The van der Waals surface area contributed by atoms with Crippen LogP contribution in [0.2, 0.25) is 0 Å². The van der Waals surface area contributed by atoms with Crippen molar-refractivity contribution in [3.05, 3.63) is 42.0 Å². The Balaban J connectivity index is 1.91. The van der Waals surface area contributed by atoms with Crippen molar-refractivity contribution in [2.24, 2.45) is 5.92 Å². The highest BCUT2D eigenvalue weighted by Gasteiger charge is 2.25. The van der Waals surface area contributed by atoms with E-state index >= 15 is 0 Å². The molecule has 0 aliphatic heterocycles. The molecule has 0 bridgehead atoms. The molecule has 0 fully saturated rings. The molecule has 2 atom stereocenters. The third kappa shape index (κ3) is 4.13. The molecule has 4 nitrogen and oxygen atoms in total. The van der Waals surface area contributed by atoms with Gasteiger partial charge in [-0.15, -0.1) is 0 Å². The first-order valence-electron chi connectivity index (χ1n) is 7.09. The maximum Gasteiger partial charge on any atom is 0.310 e. The van der Waals surface area contributed by atoms with Gasteiger partial charge >= 0.3 is 5.97 Å². The molecule has 1 aromatic carbocycles. The van der Waals surface area contributed by atoms with Gasteiger partial charge in [-0.25, -0.2) is 8.78 Å². The number of rotatable bonds is 4. The molecule has 0 saturated heterocycles. The Morgan fingerprint density at radius 3 is 2.73 bits per heavy atom. The molecule has 0 unspecified atom stereocenters. The van der Waals surface area contributed by atoms with Crippen LogP contribution in [0.4, 0.5) is 14.5 Å². The van der Waals surface area contributed by atoms with Crippen LogP contribution in [-0.2, 0) is 14.3 Å². The highest BCUT2D eigenvalue weighted by molar-refractivity contribution is 5.95. The van der Waals surface area contributed by atoms with Gasteiger partial charge in [-0.05, 0) is 38.3 Å². The summed E-state index contributed by atoms with van der Waals surface area (Å²) in [4.78, 5) is 23.8. The Labute approximate surface area is 127 Å². The Kier molecular flexibility index (Phi) is 5.25. The van der Waals surface area contributed by atoms with E-state index in [9.17, 15) is 18.4 Å². The molecule has 118 valence electrons. The van der Waals surface area contributed by atoms with Crippen LogP contribution in [0.1, 0.15) is 26.2 Å². The highest BCUT2D eigenvalue weighted by Crippen LogP contribution is 2.20. The largest absolute Gasteiger partial charge is 0.452 e. The number of amides is 1. The Morgan fingerprint density at radius 1 is 1.32 bits per heavy atom. The number of hydrogen-bond acceptors (Lipinski definition) is 3. The molecule has 2 rings (SSSR count). The fraction of sp³-hybridized carbons (Fsp3) is 0.375. The van der Waals surface area contributed by atoms with Crippen LogP contribution in [0.15, 0.2) is 30.4 Å². The van der Waals surface area contributed by atoms with Crippen molar-refractivity contribution in [1.82, 2.24) is 0 Å². The summed E-state index contributed by atoms with van der Waals surface area (Å²) in [5, 5.41) is 2.27. The molecular weight excluding hydrogens is 292 g/mol. The molecule has 6 heteroatoms. The van der Waals surface area contributed by atoms with E-state index in [1.54, 1.807) is 0 Å². The second-order valence-electron chi connectivity index (χ2n) is 5.17. The molecule has 22 heavy (non-hydrogen) atoms. The van der Waals surface area contributed by atoms with Gasteiger partial charge in [0, 0.05) is 6.07 Å². The van der Waals surface area contributed by atoms with Crippen molar-refractivity contribution in [2.75, 3.05) is 5.32 Å². The van der Waals surface area contributed by atoms with Crippen LogP contribution >= 0.6 is 0 Å². The van der Waals surface area contributed by atoms with Gasteiger partial charge in [0.2, 0.25) is 0 Å². The summed E-state index contributed by atoms with van der Waals surface area (Å²) in [6.45, 7) is 1.41. The first kappa shape index (κ1) is 16.1. The lowest BCUT2D eigenvalue weighted by atomic mass is 9.95. The molecule has 0 spiro atoms. The number of allylic oxidation sites excluding steroid dienone is 2. The highest BCUT2D eigenvalue weighted by atomic mass is 19.1. The summed E-state index contributed by atoms with van der Waals surface area (Å²) in [7, 11) is 0. The predicted molar refractivity (Wildman–Crippen MR) is 77.0 cm³/mol. The minimum Gasteiger partial charge on any atom is -0.452 e. The monoisotopic (exact) mass is 309 g/mol. The van der Waals surface area contributed by atoms with Crippen LogP contribution < -0.4 is 5.32 Å². The van der Waals surface area contributed by atoms with Gasteiger partial charge in [-0.3, -0.25) is 9.59 Å². The van der Waals surface area contributed by atoms with Gasteiger partial charge in [0.1, 0.15) is 11.6 Å². The number of esters is 1. The third-order valence-electron chi connectivity index (χ3n) is 3.45. The van der Waals surface area contributed by atoms with Crippen LogP contribution in [0.25, 0.3) is 0 Å². The first-order valence-corrected chi connectivity index (χ1v) is 7.09. The number of ether oxygens (including phenoxy) is 1. The lowest BCUT2D eigenvalue weighted by molar-refractivity contribution is -0.157. The molecule has 0 aromatic heterocycles. The van der Waals surface area contributed by atoms with Gasteiger partial charge in [-0.2, -0.15) is 0 Å². The van der Waals surface area contributed by atoms with E-state index in [-0.39, 0.29) is 11.6 Å². The van der Waals surface area contributed by atoms with Crippen LogP contribution in [0.5, 0.6) is 0 Å². The molecule has 0 radical (unpaired) electrons. The summed E-state index contributed by atoms with van der Waals surface area (Å²) in [5.41, 5.74) is -0.158. The van der Waals surface area contributed by atoms with E-state index in [0.717, 1.165) is 18.6 Å². The van der Waals surface area contributed by atoms with Crippen LogP contribution in [0.3, 0.4) is 0 Å². The lowest BCUT2D eigenvalue weighted by Gasteiger charge is -2.19. The number of halogens is 2. The quantitative estimate of drug-likeness (QED) is 0.686. The van der Waals surface area contributed by atoms with E-state index in [0.29, 0.717) is 18.9 Å². The van der Waals surface area contributed by atoms with E-state index in [2.05, 4.69) is 5.32 Å². The average Bonchev–Trinajstić information content (AvgIpc) is 2.50. The maximum absolute atomic E-state index is 13.5. The minimum atomic E-state index is -1.05. The molecule has 1 aliphatic carbocycles. The van der Waals surface area contributed by atoms with Crippen molar-refractivity contribution in [2.45, 2.75) is 32.3 Å². The van der Waals surface area contributed by atoms with Crippen LogP contribution in [-0.4, -0.2) is 18.0 Å². The van der Waals surface area contributed by atoms with E-state index in [1.807, 2.05) is 12.2 Å². The molecule has 1 amide bonds. The standard InChI is InChI=1S/C16H17F2NO3/c1-10(22-16(21)11-5-3-2-4-6-11)15(20)19-14-8-7-12(17)9-13(14)18/h2-3,7-11H,4-6H2,1H3,(H,19,20)/t10-,11+/m1/s1. The molecule has 0 saturated carbocycles. The zero-order chi connectivity index (χ0) is 16.1. The van der Waals surface area contributed by atoms with Crippen molar-refractivity contribution in [1.29, 1.82) is 0 Å². The molecule has 0 heterocycles. The number of hydrogen-bond donors (Lipinski definition) is 1. The molecule has 1 aromatic rings. The number of nitrogens with one attached hydrogen (secondary N) is 1. The summed E-state index contributed by atoms with van der Waals surface area (Å²) < 4.78 is 31.4. The molecule has 1 aliphatic rings. The maximum atomic E-state index is 13.5. The summed E-state index contributed by atoms with van der Waals surface area (Å²) in [6, 6.07) is 2.81. The fourth-order valence-corrected chi connectivity index (χ4v) is 2.16. The summed E-state index contributed by atoms with van der Waals surface area (Å²) in [6.07, 6.45) is 4.95. The zero-order valence-electron chi connectivity index (χ0n) is 12.1. The smallest absolute Gasteiger partial charge is 0.310 e. The van der Waals surface area contributed by atoms with Gasteiger partial charge in [-0.1, -0.05) is 12.2 Å². The van der Waals surface area contributed by atoms with Gasteiger partial charge in [0.05, 0.1) is 11.6 Å². The van der Waals surface area contributed by atoms with E-state index in [4.69, 9.17) is 4.74 Å². The minimum absolute atomic E-state index is 0.158. The topological polar surface area (TPSA) is 55.4 Å². The third-order valence-corrected chi connectivity index (χ3v) is 3.45. The molecule has 1 N–H and O–H groups in total. The van der Waals surface area contributed by atoms with E-state index < -0.39 is 29.6 Å². The molecular formula is C16H17F2NO3. The van der Waals surface area contributed by atoms with Gasteiger partial charge in [0.15, 0.2) is 6.10 Å². The van der Waals surface area contributed by atoms with Crippen molar-refractivity contribution in [3.63, 3.8) is 0 Å². The van der Waals surface area contributed by atoms with Gasteiger partial charge in [0.25, 0.3) is 5.91 Å². The number of carbonyl (C=O) groups excluding carboxylic acids is 2. The number of carbonyl (C=O) groups is 2. The summed E-state index contributed by atoms with van der Waals surface area (Å²) >= 11 is 0. The lowest BCUT2D eigenvalue weighted by Crippen LogP contribution is -2.32. The first-order chi connectivity index (χ1) is 10.5. The zero-order valence-corrected chi connectivity index (χ0v) is 12.1. The normalized spacial score (nSPS) is 18.6. The summed E-state index contributed by atoms with van der Waals surface area (Å²) in [5.74, 6) is -2.97. The number of benzene rings is 1. The number of anilines is 1. The Morgan fingerprint density at radius 2 is 2.09 bits per heavy atom. The fourth-order valence-electron chi connectivity index (χ4n) is 2.16. The second-order valence-corrected chi connectivity index (χ2v) is 5.17. The van der Waals surface area contributed by atoms with Crippen molar-refractivity contribution >= 4 is 17.6 Å². The van der Waals surface area contributed by atoms with Crippen molar-refractivity contribution in [3.8, 4) is 0 Å². The van der Waals surface area contributed by atoms with E-state index in [1.165, 1.54) is 6.92 Å². The predicted octanol–water partition coefficient (Wildman–Crippen LogP) is 3.19. The Hall–Kier alpha value is -2.24. The Bertz CT molecular complexity index is 601. The average molecular weight is 309 g/mol. The second kappa shape index (κ2) is 7.15. The SMILES string of the molecule is C[C@@H](OC(=O)[C@H]1CC=CCC1)C(=O)Nc1ccc(F)cc1F.